The van der Waals surface area contributed by atoms with Gasteiger partial charge in [0, 0.05) is 6.54 Å². The fraction of sp³-hybridized carbons (Fsp3) is 0.500. The number of benzene rings is 1. The Balaban J connectivity index is 1.68. The van der Waals surface area contributed by atoms with E-state index < -0.39 is 0 Å². The molecule has 1 saturated heterocycles. The molecule has 1 aromatic carbocycles. The van der Waals surface area contributed by atoms with Gasteiger partial charge in [0.15, 0.2) is 0 Å². The van der Waals surface area contributed by atoms with Crippen molar-refractivity contribution in [2.24, 2.45) is 5.92 Å². The van der Waals surface area contributed by atoms with Crippen molar-refractivity contribution in [1.29, 1.82) is 0 Å². The lowest BCUT2D eigenvalue weighted by atomic mass is 9.97. The summed E-state index contributed by atoms with van der Waals surface area (Å²) in [5.74, 6) is 0.838. The SMILES string of the molecule is C=C(CNCC1CCN(C)CC1)c1ccccc1. The Kier molecular flexibility index (Phi) is 4.97. The molecule has 0 saturated carbocycles. The molecule has 2 rings (SSSR count). The first-order chi connectivity index (χ1) is 8.75. The second-order valence-electron chi connectivity index (χ2n) is 5.35. The molecule has 1 fully saturated rings. The van der Waals surface area contributed by atoms with Crippen LogP contribution in [0.5, 0.6) is 0 Å². The van der Waals surface area contributed by atoms with E-state index in [0.717, 1.165) is 19.0 Å². The summed E-state index contributed by atoms with van der Waals surface area (Å²) in [5.41, 5.74) is 2.43. The summed E-state index contributed by atoms with van der Waals surface area (Å²) < 4.78 is 0. The number of hydrogen-bond acceptors (Lipinski definition) is 2. The highest BCUT2D eigenvalue weighted by Gasteiger charge is 2.15. The number of piperidine rings is 1. The summed E-state index contributed by atoms with van der Waals surface area (Å²) in [6.07, 6.45) is 2.64. The van der Waals surface area contributed by atoms with Crippen molar-refractivity contribution in [2.75, 3.05) is 33.2 Å². The molecule has 1 aliphatic rings. The predicted molar refractivity (Wildman–Crippen MR) is 78.6 cm³/mol. The van der Waals surface area contributed by atoms with Gasteiger partial charge in [0.25, 0.3) is 0 Å². The zero-order valence-electron chi connectivity index (χ0n) is 11.4. The van der Waals surface area contributed by atoms with Crippen LogP contribution in [0.1, 0.15) is 18.4 Å². The largest absolute Gasteiger partial charge is 0.312 e. The number of likely N-dealkylation sites (tertiary alicyclic amines) is 1. The van der Waals surface area contributed by atoms with E-state index in [1.54, 1.807) is 0 Å². The fourth-order valence-corrected chi connectivity index (χ4v) is 2.47. The maximum atomic E-state index is 4.15. The predicted octanol–water partition coefficient (Wildman–Crippen LogP) is 2.63. The maximum Gasteiger partial charge on any atom is 0.0205 e. The van der Waals surface area contributed by atoms with Gasteiger partial charge in [-0.1, -0.05) is 36.9 Å². The molecule has 0 amide bonds. The van der Waals surface area contributed by atoms with Gasteiger partial charge in [-0.3, -0.25) is 0 Å². The topological polar surface area (TPSA) is 15.3 Å². The van der Waals surface area contributed by atoms with Crippen molar-refractivity contribution in [3.63, 3.8) is 0 Å². The molecule has 0 radical (unpaired) electrons. The summed E-state index contributed by atoms with van der Waals surface area (Å²) in [4.78, 5) is 2.42. The highest BCUT2D eigenvalue weighted by Crippen LogP contribution is 2.15. The molecule has 0 spiro atoms. The van der Waals surface area contributed by atoms with Crippen LogP contribution in [-0.4, -0.2) is 38.1 Å². The molecule has 1 N–H and O–H groups in total. The van der Waals surface area contributed by atoms with E-state index in [9.17, 15) is 0 Å². The maximum absolute atomic E-state index is 4.15. The van der Waals surface area contributed by atoms with Crippen molar-refractivity contribution in [1.82, 2.24) is 10.2 Å². The lowest BCUT2D eigenvalue weighted by Crippen LogP contribution is -2.35. The molecule has 0 unspecified atom stereocenters. The minimum atomic E-state index is 0.838. The third-order valence-corrected chi connectivity index (χ3v) is 3.79. The van der Waals surface area contributed by atoms with Gasteiger partial charge in [-0.2, -0.15) is 0 Å². The van der Waals surface area contributed by atoms with Gasteiger partial charge >= 0.3 is 0 Å². The molecule has 2 heteroatoms. The third kappa shape index (κ3) is 3.97. The quantitative estimate of drug-likeness (QED) is 0.856. The molecule has 1 heterocycles. The number of nitrogens with one attached hydrogen (secondary N) is 1. The van der Waals surface area contributed by atoms with Crippen LogP contribution in [0.25, 0.3) is 5.57 Å². The normalized spacial score (nSPS) is 17.8. The van der Waals surface area contributed by atoms with Gasteiger partial charge in [0.1, 0.15) is 0 Å². The Bertz CT molecular complexity index is 364. The summed E-state index contributed by atoms with van der Waals surface area (Å²) >= 11 is 0. The van der Waals surface area contributed by atoms with Gasteiger partial charge in [-0.05, 0) is 56.6 Å². The average Bonchev–Trinajstić information content (AvgIpc) is 2.42. The van der Waals surface area contributed by atoms with Crippen LogP contribution in [0.15, 0.2) is 36.9 Å². The van der Waals surface area contributed by atoms with Gasteiger partial charge < -0.3 is 10.2 Å². The van der Waals surface area contributed by atoms with Crippen molar-refractivity contribution in [3.8, 4) is 0 Å². The molecule has 1 aromatic rings. The van der Waals surface area contributed by atoms with E-state index in [1.165, 1.54) is 37.1 Å². The monoisotopic (exact) mass is 244 g/mol. The molecule has 0 aliphatic carbocycles. The van der Waals surface area contributed by atoms with Crippen LogP contribution in [0, 0.1) is 5.92 Å². The fourth-order valence-electron chi connectivity index (χ4n) is 2.47. The van der Waals surface area contributed by atoms with Crippen LogP contribution in [-0.2, 0) is 0 Å². The lowest BCUT2D eigenvalue weighted by Gasteiger charge is -2.29. The Morgan fingerprint density at radius 3 is 2.61 bits per heavy atom. The second-order valence-corrected chi connectivity index (χ2v) is 5.35. The summed E-state index contributed by atoms with van der Waals surface area (Å²) in [7, 11) is 2.21. The first-order valence-electron chi connectivity index (χ1n) is 6.88. The van der Waals surface area contributed by atoms with Gasteiger partial charge in [0.05, 0.1) is 0 Å². The Morgan fingerprint density at radius 2 is 1.94 bits per heavy atom. The molecule has 0 bridgehead atoms. The summed E-state index contributed by atoms with van der Waals surface area (Å²) in [5, 5.41) is 3.55. The third-order valence-electron chi connectivity index (χ3n) is 3.79. The van der Waals surface area contributed by atoms with Crippen LogP contribution in [0.4, 0.5) is 0 Å². The van der Waals surface area contributed by atoms with E-state index in [0.29, 0.717) is 0 Å². The summed E-state index contributed by atoms with van der Waals surface area (Å²) in [6, 6.07) is 10.4. The van der Waals surface area contributed by atoms with Crippen molar-refractivity contribution in [3.05, 3.63) is 42.5 Å². The van der Waals surface area contributed by atoms with E-state index in [1.807, 2.05) is 6.07 Å². The first-order valence-corrected chi connectivity index (χ1v) is 6.88. The minimum absolute atomic E-state index is 0.838. The first kappa shape index (κ1) is 13.3. The summed E-state index contributed by atoms with van der Waals surface area (Å²) in [6.45, 7) is 8.66. The van der Waals surface area contributed by atoms with Crippen molar-refractivity contribution < 1.29 is 0 Å². The van der Waals surface area contributed by atoms with E-state index in [-0.39, 0.29) is 0 Å². The van der Waals surface area contributed by atoms with Gasteiger partial charge in [-0.15, -0.1) is 0 Å². The Labute approximate surface area is 111 Å². The van der Waals surface area contributed by atoms with Gasteiger partial charge in [0.2, 0.25) is 0 Å². The molecule has 98 valence electrons. The molecule has 18 heavy (non-hydrogen) atoms. The molecular formula is C16H24N2. The zero-order chi connectivity index (χ0) is 12.8. The zero-order valence-corrected chi connectivity index (χ0v) is 11.4. The molecule has 0 aromatic heterocycles. The van der Waals surface area contributed by atoms with Crippen molar-refractivity contribution in [2.45, 2.75) is 12.8 Å². The number of rotatable bonds is 5. The van der Waals surface area contributed by atoms with E-state index in [4.69, 9.17) is 0 Å². The molecular weight excluding hydrogens is 220 g/mol. The number of hydrogen-bond donors (Lipinski definition) is 1. The highest BCUT2D eigenvalue weighted by molar-refractivity contribution is 5.64. The van der Waals surface area contributed by atoms with E-state index in [2.05, 4.69) is 48.1 Å². The van der Waals surface area contributed by atoms with Crippen LogP contribution < -0.4 is 5.32 Å². The lowest BCUT2D eigenvalue weighted by molar-refractivity contribution is 0.217. The highest BCUT2D eigenvalue weighted by atomic mass is 15.1. The minimum Gasteiger partial charge on any atom is -0.312 e. The Hall–Kier alpha value is -1.12. The number of nitrogens with zero attached hydrogens (tertiary/aromatic N) is 1. The molecule has 2 nitrogen and oxygen atoms in total. The molecule has 0 atom stereocenters. The van der Waals surface area contributed by atoms with Crippen LogP contribution >= 0.6 is 0 Å². The second kappa shape index (κ2) is 6.72. The van der Waals surface area contributed by atoms with Crippen LogP contribution in [0.3, 0.4) is 0 Å². The molecule has 1 aliphatic heterocycles. The van der Waals surface area contributed by atoms with Gasteiger partial charge in [-0.25, -0.2) is 0 Å². The van der Waals surface area contributed by atoms with E-state index >= 15 is 0 Å². The smallest absolute Gasteiger partial charge is 0.0205 e. The standard InChI is InChI=1S/C16H24N2/c1-14(16-6-4-3-5-7-16)12-17-13-15-8-10-18(2)11-9-15/h3-7,15,17H,1,8-13H2,2H3. The van der Waals surface area contributed by atoms with Crippen molar-refractivity contribution >= 4 is 5.57 Å². The Morgan fingerprint density at radius 1 is 1.28 bits per heavy atom. The average molecular weight is 244 g/mol. The van der Waals surface area contributed by atoms with Crippen LogP contribution in [0.2, 0.25) is 0 Å².